The van der Waals surface area contributed by atoms with E-state index < -0.39 is 24.0 Å². The van der Waals surface area contributed by atoms with Crippen LogP contribution in [0.15, 0.2) is 103 Å². The summed E-state index contributed by atoms with van der Waals surface area (Å²) in [7, 11) is 0. The van der Waals surface area contributed by atoms with Gasteiger partial charge in [-0.25, -0.2) is 5.01 Å². The van der Waals surface area contributed by atoms with Gasteiger partial charge in [-0.2, -0.15) is 0 Å². The van der Waals surface area contributed by atoms with Gasteiger partial charge in [-0.15, -0.1) is 0 Å². The van der Waals surface area contributed by atoms with Gasteiger partial charge in [0.2, 0.25) is 12.0 Å². The molecular formula is C32H29N3O6. The average molecular weight is 552 g/mol. The fourth-order valence-corrected chi connectivity index (χ4v) is 4.46. The molecule has 0 spiro atoms. The average Bonchev–Trinajstić information content (AvgIpc) is 2.98. The summed E-state index contributed by atoms with van der Waals surface area (Å²) < 4.78 is 17.6. The minimum absolute atomic E-state index is 0.214. The summed E-state index contributed by atoms with van der Waals surface area (Å²) in [5.74, 6) is 0.963. The minimum atomic E-state index is -0.855. The van der Waals surface area contributed by atoms with Gasteiger partial charge in [0, 0.05) is 18.7 Å². The SMILES string of the molecule is CCOc1cc(NC(C)=O)ccc1C(=O)NN1C(=O)C(Oc2ccccc2)C1c1ccc(Oc2ccccc2)cc1. The second-order valence-electron chi connectivity index (χ2n) is 9.25. The zero-order chi connectivity index (χ0) is 28.8. The Labute approximate surface area is 237 Å². The van der Waals surface area contributed by atoms with Crippen molar-refractivity contribution in [3.63, 3.8) is 0 Å². The van der Waals surface area contributed by atoms with Crippen LogP contribution >= 0.6 is 0 Å². The first-order valence-electron chi connectivity index (χ1n) is 13.2. The van der Waals surface area contributed by atoms with Crippen LogP contribution in [0.4, 0.5) is 5.69 Å². The molecule has 1 aliphatic heterocycles. The number of nitrogens with zero attached hydrogens (tertiary/aromatic N) is 1. The van der Waals surface area contributed by atoms with Crippen LogP contribution in [-0.2, 0) is 9.59 Å². The zero-order valence-electron chi connectivity index (χ0n) is 22.6. The minimum Gasteiger partial charge on any atom is -0.493 e. The smallest absolute Gasteiger partial charge is 0.285 e. The predicted molar refractivity (Wildman–Crippen MR) is 153 cm³/mol. The summed E-state index contributed by atoms with van der Waals surface area (Å²) in [5.41, 5.74) is 4.18. The lowest BCUT2D eigenvalue weighted by atomic mass is 9.92. The van der Waals surface area contributed by atoms with Gasteiger partial charge in [0.05, 0.1) is 12.2 Å². The predicted octanol–water partition coefficient (Wildman–Crippen LogP) is 5.51. The Balaban J connectivity index is 1.39. The standard InChI is InChI=1S/C32H29N3O6/c1-3-39-28-20-23(33-21(2)36)16-19-27(28)31(37)34-35-29(30(32(35)38)41-25-12-8-5-9-13-25)22-14-17-26(18-15-22)40-24-10-6-4-7-11-24/h4-20,29-30H,3H2,1-2H3,(H,33,36)(H,34,37). The number of amides is 3. The molecule has 4 aromatic rings. The molecule has 0 radical (unpaired) electrons. The lowest BCUT2D eigenvalue weighted by molar-refractivity contribution is -0.169. The van der Waals surface area contributed by atoms with Gasteiger partial charge < -0.3 is 19.5 Å². The van der Waals surface area contributed by atoms with E-state index in [9.17, 15) is 14.4 Å². The van der Waals surface area contributed by atoms with Crippen molar-refractivity contribution in [2.24, 2.45) is 0 Å². The van der Waals surface area contributed by atoms with Crippen molar-refractivity contribution in [3.8, 4) is 23.0 Å². The molecule has 2 unspecified atom stereocenters. The third-order valence-corrected chi connectivity index (χ3v) is 6.32. The Morgan fingerprint density at radius 2 is 1.46 bits per heavy atom. The second kappa shape index (κ2) is 12.3. The van der Waals surface area contributed by atoms with Crippen molar-refractivity contribution in [2.75, 3.05) is 11.9 Å². The third-order valence-electron chi connectivity index (χ3n) is 6.32. The monoisotopic (exact) mass is 551 g/mol. The van der Waals surface area contributed by atoms with Gasteiger partial charge in [0.1, 0.15) is 29.0 Å². The van der Waals surface area contributed by atoms with Crippen molar-refractivity contribution in [2.45, 2.75) is 26.0 Å². The first kappa shape index (κ1) is 27.3. The van der Waals surface area contributed by atoms with E-state index in [1.54, 1.807) is 49.4 Å². The van der Waals surface area contributed by atoms with Gasteiger partial charge in [0.15, 0.2) is 0 Å². The highest BCUT2D eigenvalue weighted by Gasteiger charge is 2.51. The molecule has 0 aromatic heterocycles. The molecule has 9 nitrogen and oxygen atoms in total. The first-order chi connectivity index (χ1) is 19.9. The molecule has 2 N–H and O–H groups in total. The quantitative estimate of drug-likeness (QED) is 0.252. The van der Waals surface area contributed by atoms with Crippen molar-refractivity contribution < 1.29 is 28.6 Å². The van der Waals surface area contributed by atoms with Crippen LogP contribution in [0.1, 0.15) is 35.8 Å². The summed E-state index contributed by atoms with van der Waals surface area (Å²) in [4.78, 5) is 38.2. The number of anilines is 1. The number of ether oxygens (including phenoxy) is 3. The Morgan fingerprint density at radius 1 is 0.829 bits per heavy atom. The number of hydrazine groups is 1. The molecule has 41 heavy (non-hydrogen) atoms. The number of hydrogen-bond acceptors (Lipinski definition) is 6. The number of carbonyl (C=O) groups is 3. The van der Waals surface area contributed by atoms with Crippen LogP contribution in [0, 0.1) is 0 Å². The number of rotatable bonds is 10. The summed E-state index contributed by atoms with van der Waals surface area (Å²) in [6.07, 6.45) is -0.855. The number of hydrogen-bond donors (Lipinski definition) is 2. The van der Waals surface area contributed by atoms with Crippen LogP contribution in [-0.4, -0.2) is 35.4 Å². The van der Waals surface area contributed by atoms with Crippen molar-refractivity contribution in [1.29, 1.82) is 0 Å². The van der Waals surface area contributed by atoms with Gasteiger partial charge in [0.25, 0.3) is 11.8 Å². The molecule has 208 valence electrons. The van der Waals surface area contributed by atoms with E-state index in [2.05, 4.69) is 10.7 Å². The maximum atomic E-state index is 13.4. The van der Waals surface area contributed by atoms with E-state index >= 15 is 0 Å². The van der Waals surface area contributed by atoms with E-state index in [0.717, 1.165) is 5.56 Å². The van der Waals surface area contributed by atoms with Crippen LogP contribution in [0.5, 0.6) is 23.0 Å². The molecule has 1 heterocycles. The van der Waals surface area contributed by atoms with Crippen LogP contribution in [0.2, 0.25) is 0 Å². The number of nitrogens with one attached hydrogen (secondary N) is 2. The molecule has 1 fully saturated rings. The maximum Gasteiger partial charge on any atom is 0.285 e. The molecule has 0 saturated carbocycles. The molecule has 3 amide bonds. The molecule has 0 bridgehead atoms. The fourth-order valence-electron chi connectivity index (χ4n) is 4.46. The molecule has 1 saturated heterocycles. The van der Waals surface area contributed by atoms with E-state index in [1.807, 2.05) is 60.7 Å². The topological polar surface area (TPSA) is 106 Å². The van der Waals surface area contributed by atoms with Crippen molar-refractivity contribution in [1.82, 2.24) is 10.4 Å². The van der Waals surface area contributed by atoms with Crippen LogP contribution in [0.25, 0.3) is 0 Å². The molecule has 9 heteroatoms. The molecule has 0 aliphatic carbocycles. The van der Waals surface area contributed by atoms with Gasteiger partial charge in [-0.3, -0.25) is 19.8 Å². The summed E-state index contributed by atoms with van der Waals surface area (Å²) in [6.45, 7) is 3.49. The van der Waals surface area contributed by atoms with Gasteiger partial charge in [-0.1, -0.05) is 48.5 Å². The fraction of sp³-hybridized carbons (Fsp3) is 0.156. The summed E-state index contributed by atoms with van der Waals surface area (Å²) in [6, 6.07) is 29.8. The van der Waals surface area contributed by atoms with Gasteiger partial charge >= 0.3 is 0 Å². The summed E-state index contributed by atoms with van der Waals surface area (Å²) in [5, 5.41) is 3.94. The highest BCUT2D eigenvalue weighted by Crippen LogP contribution is 2.38. The Hall–Kier alpha value is -5.31. The van der Waals surface area contributed by atoms with Crippen LogP contribution < -0.4 is 25.0 Å². The lowest BCUT2D eigenvalue weighted by Crippen LogP contribution is -2.67. The molecule has 2 atom stereocenters. The zero-order valence-corrected chi connectivity index (χ0v) is 22.6. The van der Waals surface area contributed by atoms with Crippen molar-refractivity contribution >= 4 is 23.4 Å². The third kappa shape index (κ3) is 6.30. The molecule has 1 aliphatic rings. The number of carbonyl (C=O) groups excluding carboxylic acids is 3. The van der Waals surface area contributed by atoms with E-state index in [0.29, 0.717) is 29.5 Å². The van der Waals surface area contributed by atoms with E-state index in [4.69, 9.17) is 14.2 Å². The Bertz CT molecular complexity index is 1530. The van der Waals surface area contributed by atoms with Crippen LogP contribution in [0.3, 0.4) is 0 Å². The Morgan fingerprint density at radius 3 is 2.10 bits per heavy atom. The largest absolute Gasteiger partial charge is 0.493 e. The maximum absolute atomic E-state index is 13.4. The van der Waals surface area contributed by atoms with Gasteiger partial charge in [-0.05, 0) is 61.0 Å². The van der Waals surface area contributed by atoms with Crippen molar-refractivity contribution in [3.05, 3.63) is 114 Å². The van der Waals surface area contributed by atoms with E-state index in [-0.39, 0.29) is 17.2 Å². The summed E-state index contributed by atoms with van der Waals surface area (Å²) >= 11 is 0. The molecule has 5 rings (SSSR count). The molecule has 4 aromatic carbocycles. The number of para-hydroxylation sites is 2. The number of benzene rings is 4. The first-order valence-corrected chi connectivity index (χ1v) is 13.2. The lowest BCUT2D eigenvalue weighted by Gasteiger charge is -2.46. The van der Waals surface area contributed by atoms with E-state index in [1.165, 1.54) is 11.9 Å². The number of β-lactam (4-membered cyclic amide) rings is 1. The molecular weight excluding hydrogens is 522 g/mol. The highest BCUT2D eigenvalue weighted by molar-refractivity contribution is 6.00. The second-order valence-corrected chi connectivity index (χ2v) is 9.25. The normalized spacial score (nSPS) is 15.9. The highest BCUT2D eigenvalue weighted by atomic mass is 16.5. The Kier molecular flexibility index (Phi) is 8.15.